The summed E-state index contributed by atoms with van der Waals surface area (Å²) in [6.45, 7) is 8.04. The Kier molecular flexibility index (Phi) is 5.97. The molecule has 2 fully saturated rings. The zero-order chi connectivity index (χ0) is 15.9. The number of nitrogens with zero attached hydrogens (tertiary/aromatic N) is 2. The molecule has 2 saturated heterocycles. The summed E-state index contributed by atoms with van der Waals surface area (Å²) in [5.41, 5.74) is 0. The normalized spacial score (nSPS) is 23.4. The van der Waals surface area contributed by atoms with Crippen molar-refractivity contribution < 1.29 is 9.15 Å². The van der Waals surface area contributed by atoms with Crippen LogP contribution < -0.4 is 5.32 Å². The molecule has 5 heteroatoms. The van der Waals surface area contributed by atoms with E-state index in [1.165, 1.54) is 12.8 Å². The van der Waals surface area contributed by atoms with Gasteiger partial charge in [-0.2, -0.15) is 0 Å². The second-order valence-corrected chi connectivity index (χ2v) is 6.82. The van der Waals surface area contributed by atoms with Crippen molar-refractivity contribution >= 4 is 5.96 Å². The van der Waals surface area contributed by atoms with E-state index in [4.69, 9.17) is 14.1 Å². The van der Waals surface area contributed by atoms with Gasteiger partial charge in [0.2, 0.25) is 0 Å². The second kappa shape index (κ2) is 8.39. The first-order valence-electron chi connectivity index (χ1n) is 8.94. The third-order valence-electron chi connectivity index (χ3n) is 4.84. The van der Waals surface area contributed by atoms with Crippen molar-refractivity contribution in [3.8, 4) is 0 Å². The molecule has 1 aromatic rings. The van der Waals surface area contributed by atoms with Gasteiger partial charge in [0.05, 0.1) is 12.9 Å². The Morgan fingerprint density at radius 3 is 2.91 bits per heavy atom. The van der Waals surface area contributed by atoms with Crippen LogP contribution in [0.1, 0.15) is 31.9 Å². The van der Waals surface area contributed by atoms with Gasteiger partial charge in [-0.15, -0.1) is 0 Å². The van der Waals surface area contributed by atoms with Gasteiger partial charge in [0.1, 0.15) is 5.76 Å². The Bertz CT molecular complexity index is 472. The minimum atomic E-state index is 0.584. The number of ether oxygens (including phenoxy) is 1. The molecule has 3 rings (SSSR count). The maximum absolute atomic E-state index is 5.46. The van der Waals surface area contributed by atoms with E-state index in [-0.39, 0.29) is 0 Å². The van der Waals surface area contributed by atoms with Crippen LogP contribution in [0.5, 0.6) is 0 Å². The minimum absolute atomic E-state index is 0.584. The summed E-state index contributed by atoms with van der Waals surface area (Å²) in [4.78, 5) is 7.31. The van der Waals surface area contributed by atoms with Crippen LogP contribution in [-0.4, -0.2) is 50.3 Å². The lowest BCUT2D eigenvalue weighted by Crippen LogP contribution is -2.46. The fourth-order valence-electron chi connectivity index (χ4n) is 3.18. The number of aliphatic imine (C=N–C) groups is 1. The maximum atomic E-state index is 5.46. The highest BCUT2D eigenvalue weighted by Crippen LogP contribution is 2.17. The zero-order valence-corrected chi connectivity index (χ0v) is 14.2. The molecule has 23 heavy (non-hydrogen) atoms. The van der Waals surface area contributed by atoms with Gasteiger partial charge in [0, 0.05) is 45.1 Å². The van der Waals surface area contributed by atoms with Crippen LogP contribution in [0.2, 0.25) is 0 Å². The predicted molar refractivity (Wildman–Crippen MR) is 91.6 cm³/mol. The summed E-state index contributed by atoms with van der Waals surface area (Å²) >= 11 is 0. The first-order chi connectivity index (χ1) is 11.3. The van der Waals surface area contributed by atoms with E-state index in [0.717, 1.165) is 69.9 Å². The van der Waals surface area contributed by atoms with E-state index in [9.17, 15) is 0 Å². The largest absolute Gasteiger partial charge is 0.469 e. The molecule has 1 unspecified atom stereocenters. The average molecular weight is 319 g/mol. The molecule has 0 radical (unpaired) electrons. The molecule has 0 bridgehead atoms. The summed E-state index contributed by atoms with van der Waals surface area (Å²) in [7, 11) is 0. The second-order valence-electron chi connectivity index (χ2n) is 6.82. The highest BCUT2D eigenvalue weighted by Gasteiger charge is 2.20. The third kappa shape index (κ3) is 4.99. The summed E-state index contributed by atoms with van der Waals surface area (Å²) in [6, 6.07) is 3.97. The van der Waals surface area contributed by atoms with Crippen molar-refractivity contribution in [2.45, 2.75) is 32.6 Å². The van der Waals surface area contributed by atoms with Crippen LogP contribution in [0.25, 0.3) is 0 Å². The van der Waals surface area contributed by atoms with Crippen molar-refractivity contribution in [3.63, 3.8) is 0 Å². The molecular formula is C18H29N3O2. The fraction of sp³-hybridized carbons (Fsp3) is 0.722. The fourth-order valence-corrected chi connectivity index (χ4v) is 3.18. The molecule has 2 aliphatic rings. The van der Waals surface area contributed by atoms with E-state index in [0.29, 0.717) is 5.92 Å². The molecule has 0 amide bonds. The standard InChI is InChI=1S/C18H29N3O2/c1-15-5-9-21(10-6-15)18(20-13-16-7-12-22-14-16)19-8-4-17-3-2-11-23-17/h2-3,11,15-16H,4-10,12-14H2,1H3,(H,19,20). The number of piperidine rings is 1. The number of furan rings is 1. The Hall–Kier alpha value is -1.49. The van der Waals surface area contributed by atoms with Gasteiger partial charge in [0.15, 0.2) is 5.96 Å². The molecule has 5 nitrogen and oxygen atoms in total. The van der Waals surface area contributed by atoms with E-state index in [1.807, 2.05) is 12.1 Å². The Morgan fingerprint density at radius 1 is 1.35 bits per heavy atom. The van der Waals surface area contributed by atoms with Crippen molar-refractivity contribution in [2.24, 2.45) is 16.8 Å². The van der Waals surface area contributed by atoms with Crippen LogP contribution in [0.4, 0.5) is 0 Å². The van der Waals surface area contributed by atoms with Gasteiger partial charge in [-0.3, -0.25) is 4.99 Å². The smallest absolute Gasteiger partial charge is 0.193 e. The molecule has 2 aliphatic heterocycles. The first-order valence-corrected chi connectivity index (χ1v) is 8.94. The van der Waals surface area contributed by atoms with E-state index in [2.05, 4.69) is 17.1 Å². The Morgan fingerprint density at radius 2 is 2.22 bits per heavy atom. The van der Waals surface area contributed by atoms with Gasteiger partial charge in [-0.05, 0) is 37.3 Å². The molecule has 1 atom stereocenters. The summed E-state index contributed by atoms with van der Waals surface area (Å²) in [6.07, 6.45) is 6.27. The Labute approximate surface area is 139 Å². The first kappa shape index (κ1) is 16.4. The van der Waals surface area contributed by atoms with Gasteiger partial charge in [-0.1, -0.05) is 6.92 Å². The molecule has 0 spiro atoms. The highest BCUT2D eigenvalue weighted by molar-refractivity contribution is 5.80. The van der Waals surface area contributed by atoms with Crippen molar-refractivity contribution in [1.29, 1.82) is 0 Å². The van der Waals surface area contributed by atoms with E-state index in [1.54, 1.807) is 6.26 Å². The van der Waals surface area contributed by atoms with E-state index < -0.39 is 0 Å². The predicted octanol–water partition coefficient (Wildman–Crippen LogP) is 2.54. The number of nitrogens with one attached hydrogen (secondary N) is 1. The summed E-state index contributed by atoms with van der Waals surface area (Å²) in [5.74, 6) is 3.50. The molecule has 3 heterocycles. The topological polar surface area (TPSA) is 50.0 Å². The van der Waals surface area contributed by atoms with Gasteiger partial charge >= 0.3 is 0 Å². The zero-order valence-electron chi connectivity index (χ0n) is 14.2. The van der Waals surface area contributed by atoms with Gasteiger partial charge < -0.3 is 19.4 Å². The quantitative estimate of drug-likeness (QED) is 0.669. The number of guanidine groups is 1. The molecule has 0 saturated carbocycles. The van der Waals surface area contributed by atoms with Crippen LogP contribution >= 0.6 is 0 Å². The number of hydrogen-bond donors (Lipinski definition) is 1. The lowest BCUT2D eigenvalue weighted by atomic mass is 9.99. The minimum Gasteiger partial charge on any atom is -0.469 e. The molecular weight excluding hydrogens is 290 g/mol. The molecule has 0 aromatic carbocycles. The molecule has 128 valence electrons. The summed E-state index contributed by atoms with van der Waals surface area (Å²) in [5, 5.41) is 3.54. The van der Waals surface area contributed by atoms with Crippen LogP contribution in [-0.2, 0) is 11.2 Å². The van der Waals surface area contributed by atoms with Crippen molar-refractivity contribution in [3.05, 3.63) is 24.2 Å². The molecule has 0 aliphatic carbocycles. The molecule has 1 N–H and O–H groups in total. The number of hydrogen-bond acceptors (Lipinski definition) is 3. The lowest BCUT2D eigenvalue weighted by Gasteiger charge is -2.33. The highest BCUT2D eigenvalue weighted by atomic mass is 16.5. The third-order valence-corrected chi connectivity index (χ3v) is 4.84. The number of rotatable bonds is 5. The van der Waals surface area contributed by atoms with Crippen LogP contribution in [0.3, 0.4) is 0 Å². The summed E-state index contributed by atoms with van der Waals surface area (Å²) < 4.78 is 10.9. The maximum Gasteiger partial charge on any atom is 0.193 e. The van der Waals surface area contributed by atoms with Crippen molar-refractivity contribution in [1.82, 2.24) is 10.2 Å². The Balaban J connectivity index is 1.54. The lowest BCUT2D eigenvalue weighted by molar-refractivity contribution is 0.187. The molecule has 1 aromatic heterocycles. The van der Waals surface area contributed by atoms with Crippen LogP contribution in [0, 0.1) is 11.8 Å². The van der Waals surface area contributed by atoms with Gasteiger partial charge in [0.25, 0.3) is 0 Å². The monoisotopic (exact) mass is 319 g/mol. The SMILES string of the molecule is CC1CCN(C(=NCC2CCOC2)NCCc2ccco2)CC1. The van der Waals surface area contributed by atoms with E-state index >= 15 is 0 Å². The average Bonchev–Trinajstić information content (AvgIpc) is 3.25. The van der Waals surface area contributed by atoms with Gasteiger partial charge in [-0.25, -0.2) is 0 Å². The van der Waals surface area contributed by atoms with Crippen molar-refractivity contribution in [2.75, 3.05) is 39.4 Å². The van der Waals surface area contributed by atoms with Crippen LogP contribution in [0.15, 0.2) is 27.8 Å². The number of likely N-dealkylation sites (tertiary alicyclic amines) is 1.